The van der Waals surface area contributed by atoms with Crippen molar-refractivity contribution in [1.82, 2.24) is 10.2 Å². The zero-order chi connectivity index (χ0) is 14.9. The maximum Gasteiger partial charge on any atom is 0.226 e. The second-order valence-electron chi connectivity index (χ2n) is 6.23. The second kappa shape index (κ2) is 5.72. The summed E-state index contributed by atoms with van der Waals surface area (Å²) in [5.74, 6) is -1.77. The third-order valence-corrected chi connectivity index (χ3v) is 4.85. The molecule has 2 fully saturated rings. The van der Waals surface area contributed by atoms with E-state index in [1.165, 1.54) is 12.5 Å². The maximum atomic E-state index is 13.2. The number of piperidine rings is 1. The van der Waals surface area contributed by atoms with E-state index in [9.17, 15) is 13.6 Å². The van der Waals surface area contributed by atoms with Gasteiger partial charge in [-0.15, -0.1) is 0 Å². The number of amides is 1. The largest absolute Gasteiger partial charge is 0.342 e. The number of nitrogens with zero attached hydrogens (tertiary/aromatic N) is 1. The lowest BCUT2D eigenvalue weighted by Crippen LogP contribution is -2.44. The lowest BCUT2D eigenvalue weighted by molar-refractivity contribution is -0.132. The molecule has 2 aliphatic heterocycles. The smallest absolute Gasteiger partial charge is 0.226 e. The maximum absolute atomic E-state index is 13.2. The first-order chi connectivity index (χ1) is 10.1. The number of hydrogen-bond donors (Lipinski definition) is 1. The molecule has 1 amide bonds. The van der Waals surface area contributed by atoms with Crippen LogP contribution in [0.15, 0.2) is 18.2 Å². The first-order valence-corrected chi connectivity index (χ1v) is 7.50. The van der Waals surface area contributed by atoms with Crippen LogP contribution in [0.4, 0.5) is 8.78 Å². The van der Waals surface area contributed by atoms with Crippen LogP contribution in [0.5, 0.6) is 0 Å². The van der Waals surface area contributed by atoms with Gasteiger partial charge < -0.3 is 10.2 Å². The molecule has 2 heterocycles. The van der Waals surface area contributed by atoms with E-state index in [1.54, 1.807) is 0 Å². The van der Waals surface area contributed by atoms with E-state index in [0.717, 1.165) is 51.2 Å². The normalized spacial score (nSPS) is 21.0. The SMILES string of the molecule is O=C(Cc1ccc(F)c(F)c1)N1CCC2(CCNC2)CC1. The fraction of sp³-hybridized carbons (Fsp3) is 0.562. The summed E-state index contributed by atoms with van der Waals surface area (Å²) >= 11 is 0. The summed E-state index contributed by atoms with van der Waals surface area (Å²) in [6.45, 7) is 3.66. The highest BCUT2D eigenvalue weighted by atomic mass is 19.2. The van der Waals surface area contributed by atoms with E-state index in [4.69, 9.17) is 0 Å². The Balaban J connectivity index is 1.57. The molecule has 3 rings (SSSR count). The summed E-state index contributed by atoms with van der Waals surface area (Å²) in [7, 11) is 0. The monoisotopic (exact) mass is 294 g/mol. The Kier molecular flexibility index (Phi) is 3.93. The summed E-state index contributed by atoms with van der Waals surface area (Å²) in [5, 5.41) is 3.40. The van der Waals surface area contributed by atoms with Gasteiger partial charge >= 0.3 is 0 Å². The lowest BCUT2D eigenvalue weighted by atomic mass is 9.78. The lowest BCUT2D eigenvalue weighted by Gasteiger charge is -2.39. The van der Waals surface area contributed by atoms with Gasteiger partial charge in [-0.05, 0) is 48.9 Å². The van der Waals surface area contributed by atoms with Crippen LogP contribution in [0.3, 0.4) is 0 Å². The molecule has 1 spiro atoms. The zero-order valence-electron chi connectivity index (χ0n) is 12.0. The predicted molar refractivity (Wildman–Crippen MR) is 75.8 cm³/mol. The average molecular weight is 294 g/mol. The molecule has 0 radical (unpaired) electrons. The fourth-order valence-corrected chi connectivity index (χ4v) is 3.39. The van der Waals surface area contributed by atoms with Crippen LogP contribution in [0.25, 0.3) is 0 Å². The first-order valence-electron chi connectivity index (χ1n) is 7.50. The summed E-state index contributed by atoms with van der Waals surface area (Å²) in [6.07, 6.45) is 3.40. The minimum atomic E-state index is -0.894. The van der Waals surface area contributed by atoms with Crippen molar-refractivity contribution in [3.05, 3.63) is 35.4 Å². The Bertz CT molecular complexity index is 531. The summed E-state index contributed by atoms with van der Waals surface area (Å²) in [4.78, 5) is 14.1. The van der Waals surface area contributed by atoms with Crippen LogP contribution >= 0.6 is 0 Å². The molecule has 0 bridgehead atoms. The van der Waals surface area contributed by atoms with Crippen LogP contribution < -0.4 is 5.32 Å². The van der Waals surface area contributed by atoms with Crippen molar-refractivity contribution >= 4 is 5.91 Å². The predicted octanol–water partition coefficient (Wildman–Crippen LogP) is 2.11. The van der Waals surface area contributed by atoms with Gasteiger partial charge in [-0.1, -0.05) is 6.07 Å². The van der Waals surface area contributed by atoms with Crippen molar-refractivity contribution in [3.63, 3.8) is 0 Å². The molecule has 0 saturated carbocycles. The molecule has 1 N–H and O–H groups in total. The number of benzene rings is 1. The van der Waals surface area contributed by atoms with Gasteiger partial charge in [0.05, 0.1) is 6.42 Å². The molecule has 1 aromatic carbocycles. The van der Waals surface area contributed by atoms with Gasteiger partial charge in [-0.3, -0.25) is 4.79 Å². The number of carbonyl (C=O) groups excluding carboxylic acids is 1. The highest BCUT2D eigenvalue weighted by Crippen LogP contribution is 2.36. The molecule has 2 aliphatic rings. The first kappa shape index (κ1) is 14.4. The van der Waals surface area contributed by atoms with E-state index in [0.29, 0.717) is 11.0 Å². The zero-order valence-corrected chi connectivity index (χ0v) is 12.0. The molecule has 0 aliphatic carbocycles. The van der Waals surface area contributed by atoms with E-state index < -0.39 is 11.6 Å². The molecule has 3 nitrogen and oxygen atoms in total. The number of carbonyl (C=O) groups is 1. The molecule has 5 heteroatoms. The van der Waals surface area contributed by atoms with Crippen molar-refractivity contribution in [2.24, 2.45) is 5.41 Å². The van der Waals surface area contributed by atoms with Gasteiger partial charge in [-0.2, -0.15) is 0 Å². The van der Waals surface area contributed by atoms with E-state index in [2.05, 4.69) is 5.32 Å². The summed E-state index contributed by atoms with van der Waals surface area (Å²) in [5.41, 5.74) is 0.903. The Hall–Kier alpha value is -1.49. The van der Waals surface area contributed by atoms with Crippen molar-refractivity contribution in [1.29, 1.82) is 0 Å². The quantitative estimate of drug-likeness (QED) is 0.906. The van der Waals surface area contributed by atoms with Crippen LogP contribution in [0.1, 0.15) is 24.8 Å². The van der Waals surface area contributed by atoms with Gasteiger partial charge in [0.25, 0.3) is 0 Å². The Morgan fingerprint density at radius 2 is 1.95 bits per heavy atom. The van der Waals surface area contributed by atoms with Gasteiger partial charge in [0.15, 0.2) is 11.6 Å². The molecule has 2 saturated heterocycles. The Morgan fingerprint density at radius 3 is 2.57 bits per heavy atom. The molecule has 0 aromatic heterocycles. The highest BCUT2D eigenvalue weighted by molar-refractivity contribution is 5.78. The van der Waals surface area contributed by atoms with Gasteiger partial charge in [0, 0.05) is 19.6 Å². The number of likely N-dealkylation sites (tertiary alicyclic amines) is 1. The van der Waals surface area contributed by atoms with E-state index in [-0.39, 0.29) is 12.3 Å². The third kappa shape index (κ3) is 3.07. The molecule has 1 aromatic rings. The minimum absolute atomic E-state index is 0.00168. The van der Waals surface area contributed by atoms with Crippen LogP contribution in [-0.2, 0) is 11.2 Å². The molecule has 114 valence electrons. The van der Waals surface area contributed by atoms with Gasteiger partial charge in [0.2, 0.25) is 5.91 Å². The molecule has 0 unspecified atom stereocenters. The molecule has 0 atom stereocenters. The van der Waals surface area contributed by atoms with Crippen LogP contribution in [-0.4, -0.2) is 37.0 Å². The minimum Gasteiger partial charge on any atom is -0.342 e. The van der Waals surface area contributed by atoms with Gasteiger partial charge in [-0.25, -0.2) is 8.78 Å². The van der Waals surface area contributed by atoms with E-state index in [1.807, 2.05) is 4.90 Å². The van der Waals surface area contributed by atoms with Crippen molar-refractivity contribution in [3.8, 4) is 0 Å². The molecular weight excluding hydrogens is 274 g/mol. The second-order valence-corrected chi connectivity index (χ2v) is 6.23. The number of halogens is 2. The third-order valence-electron chi connectivity index (χ3n) is 4.85. The highest BCUT2D eigenvalue weighted by Gasteiger charge is 2.37. The molecule has 21 heavy (non-hydrogen) atoms. The number of hydrogen-bond acceptors (Lipinski definition) is 2. The fourth-order valence-electron chi connectivity index (χ4n) is 3.39. The van der Waals surface area contributed by atoms with Crippen LogP contribution in [0, 0.1) is 17.0 Å². The van der Waals surface area contributed by atoms with Crippen molar-refractivity contribution < 1.29 is 13.6 Å². The summed E-state index contributed by atoms with van der Waals surface area (Å²) < 4.78 is 26.0. The number of rotatable bonds is 2. The Morgan fingerprint density at radius 1 is 1.19 bits per heavy atom. The van der Waals surface area contributed by atoms with Crippen molar-refractivity contribution in [2.75, 3.05) is 26.2 Å². The molecular formula is C16H20F2N2O. The van der Waals surface area contributed by atoms with Gasteiger partial charge in [0.1, 0.15) is 0 Å². The van der Waals surface area contributed by atoms with E-state index >= 15 is 0 Å². The van der Waals surface area contributed by atoms with Crippen molar-refractivity contribution in [2.45, 2.75) is 25.7 Å². The standard InChI is InChI=1S/C16H20F2N2O/c17-13-2-1-12(9-14(13)18)10-15(21)20-7-4-16(5-8-20)3-6-19-11-16/h1-2,9,19H,3-8,10-11H2. The van der Waals surface area contributed by atoms with Crippen LogP contribution in [0.2, 0.25) is 0 Å². The topological polar surface area (TPSA) is 32.3 Å². The summed E-state index contributed by atoms with van der Waals surface area (Å²) in [6, 6.07) is 3.66. The number of nitrogens with one attached hydrogen (secondary N) is 1. The average Bonchev–Trinajstić information content (AvgIpc) is 2.92. The Labute approximate surface area is 123 Å².